The van der Waals surface area contributed by atoms with Gasteiger partial charge in [0.25, 0.3) is 0 Å². The maximum Gasteiger partial charge on any atom is 0.132 e. The highest BCUT2D eigenvalue weighted by atomic mass is 35.5. The Kier molecular flexibility index (Phi) is 3.90. The summed E-state index contributed by atoms with van der Waals surface area (Å²) in [5.74, 6) is -0.352. The Morgan fingerprint density at radius 3 is 2.71 bits per heavy atom. The molecule has 14 heavy (non-hydrogen) atoms. The Bertz CT molecular complexity index is 325. The number of aryl methyl sites for hydroxylation is 1. The highest BCUT2D eigenvalue weighted by Gasteiger charge is 2.14. The van der Waals surface area contributed by atoms with Gasteiger partial charge in [-0.15, -0.1) is 0 Å². The zero-order chi connectivity index (χ0) is 10.7. The largest absolute Gasteiger partial charge is 0.388 e. The first kappa shape index (κ1) is 11.5. The Labute approximate surface area is 88.5 Å². The van der Waals surface area contributed by atoms with Crippen LogP contribution in [0.25, 0.3) is 0 Å². The SMILES string of the molecule is CCCC(O)c1cc(Cl)cc(C)c1F. The molecule has 0 fully saturated rings. The van der Waals surface area contributed by atoms with E-state index in [-0.39, 0.29) is 5.82 Å². The average molecular weight is 217 g/mol. The molecule has 0 saturated heterocycles. The first-order valence-corrected chi connectivity index (χ1v) is 5.07. The molecule has 1 rings (SSSR count). The summed E-state index contributed by atoms with van der Waals surface area (Å²) in [6.07, 6.45) is 0.612. The van der Waals surface area contributed by atoms with Gasteiger partial charge in [0, 0.05) is 10.6 Å². The molecule has 0 heterocycles. The molecule has 0 aliphatic rings. The lowest BCUT2D eigenvalue weighted by Gasteiger charge is -2.12. The topological polar surface area (TPSA) is 20.2 Å². The predicted molar refractivity (Wildman–Crippen MR) is 56.0 cm³/mol. The van der Waals surface area contributed by atoms with E-state index in [2.05, 4.69) is 0 Å². The van der Waals surface area contributed by atoms with Gasteiger partial charge in [-0.3, -0.25) is 0 Å². The molecular weight excluding hydrogens is 203 g/mol. The molecule has 0 aliphatic heterocycles. The van der Waals surface area contributed by atoms with Gasteiger partial charge < -0.3 is 5.11 Å². The Morgan fingerprint density at radius 1 is 1.50 bits per heavy atom. The van der Waals surface area contributed by atoms with Crippen molar-refractivity contribution in [3.63, 3.8) is 0 Å². The molecule has 78 valence electrons. The van der Waals surface area contributed by atoms with Crippen molar-refractivity contribution in [2.24, 2.45) is 0 Å². The summed E-state index contributed by atoms with van der Waals surface area (Å²) >= 11 is 5.79. The maximum atomic E-state index is 13.5. The van der Waals surface area contributed by atoms with Gasteiger partial charge in [0.15, 0.2) is 0 Å². The van der Waals surface area contributed by atoms with Crippen molar-refractivity contribution >= 4 is 11.6 Å². The summed E-state index contributed by atoms with van der Waals surface area (Å²) in [5.41, 5.74) is 0.777. The van der Waals surface area contributed by atoms with Crippen LogP contribution in [0.15, 0.2) is 12.1 Å². The molecule has 3 heteroatoms. The van der Waals surface area contributed by atoms with Crippen molar-refractivity contribution < 1.29 is 9.50 Å². The molecule has 0 bridgehead atoms. The van der Waals surface area contributed by atoms with Crippen LogP contribution in [0.3, 0.4) is 0 Å². The summed E-state index contributed by atoms with van der Waals surface area (Å²) in [6, 6.07) is 3.04. The molecule has 0 radical (unpaired) electrons. The van der Waals surface area contributed by atoms with E-state index in [4.69, 9.17) is 11.6 Å². The highest BCUT2D eigenvalue weighted by molar-refractivity contribution is 6.30. The summed E-state index contributed by atoms with van der Waals surface area (Å²) in [5, 5.41) is 10.1. The zero-order valence-corrected chi connectivity index (χ0v) is 9.11. The minimum Gasteiger partial charge on any atom is -0.388 e. The second-order valence-corrected chi connectivity index (χ2v) is 3.87. The van der Waals surface area contributed by atoms with Crippen LogP contribution in [0.1, 0.15) is 37.0 Å². The highest BCUT2D eigenvalue weighted by Crippen LogP contribution is 2.26. The van der Waals surface area contributed by atoms with Crippen molar-refractivity contribution in [2.75, 3.05) is 0 Å². The zero-order valence-electron chi connectivity index (χ0n) is 8.35. The number of hydrogen-bond donors (Lipinski definition) is 1. The number of rotatable bonds is 3. The van der Waals surface area contributed by atoms with Gasteiger partial charge in [-0.2, -0.15) is 0 Å². The van der Waals surface area contributed by atoms with Gasteiger partial charge >= 0.3 is 0 Å². The molecule has 0 saturated carbocycles. The monoisotopic (exact) mass is 216 g/mol. The lowest BCUT2D eigenvalue weighted by molar-refractivity contribution is 0.161. The molecule has 1 aromatic rings. The fraction of sp³-hybridized carbons (Fsp3) is 0.455. The lowest BCUT2D eigenvalue weighted by Crippen LogP contribution is -2.02. The number of benzene rings is 1. The van der Waals surface area contributed by atoms with E-state index in [1.165, 1.54) is 6.07 Å². The first-order valence-electron chi connectivity index (χ1n) is 4.69. The summed E-state index contributed by atoms with van der Waals surface area (Å²) in [7, 11) is 0. The predicted octanol–water partition coefficient (Wildman–Crippen LogP) is 3.62. The van der Waals surface area contributed by atoms with Crippen LogP contribution in [0.2, 0.25) is 5.02 Å². The normalized spacial score (nSPS) is 12.9. The van der Waals surface area contributed by atoms with Crippen molar-refractivity contribution in [1.82, 2.24) is 0 Å². The van der Waals surface area contributed by atoms with Crippen molar-refractivity contribution in [3.05, 3.63) is 34.1 Å². The van der Waals surface area contributed by atoms with Crippen LogP contribution in [-0.4, -0.2) is 5.11 Å². The van der Waals surface area contributed by atoms with E-state index in [1.54, 1.807) is 13.0 Å². The van der Waals surface area contributed by atoms with Gasteiger partial charge in [0.05, 0.1) is 6.10 Å². The van der Waals surface area contributed by atoms with Crippen molar-refractivity contribution in [2.45, 2.75) is 32.8 Å². The number of halogens is 2. The number of aliphatic hydroxyl groups excluding tert-OH is 1. The van der Waals surface area contributed by atoms with E-state index >= 15 is 0 Å². The van der Waals surface area contributed by atoms with E-state index in [1.807, 2.05) is 6.92 Å². The molecule has 1 nitrogen and oxygen atoms in total. The van der Waals surface area contributed by atoms with Crippen LogP contribution in [0, 0.1) is 12.7 Å². The van der Waals surface area contributed by atoms with Crippen LogP contribution in [-0.2, 0) is 0 Å². The maximum absolute atomic E-state index is 13.5. The van der Waals surface area contributed by atoms with E-state index in [0.29, 0.717) is 22.6 Å². The van der Waals surface area contributed by atoms with E-state index < -0.39 is 6.10 Å². The summed E-state index contributed by atoms with van der Waals surface area (Å²) < 4.78 is 13.5. The third-order valence-corrected chi connectivity index (χ3v) is 2.39. The third-order valence-electron chi connectivity index (χ3n) is 2.17. The molecule has 1 atom stereocenters. The summed E-state index contributed by atoms with van der Waals surface area (Å²) in [4.78, 5) is 0. The van der Waals surface area contributed by atoms with Crippen molar-refractivity contribution in [3.8, 4) is 0 Å². The lowest BCUT2D eigenvalue weighted by atomic mass is 10.0. The second kappa shape index (κ2) is 4.76. The van der Waals surface area contributed by atoms with Crippen LogP contribution in [0.4, 0.5) is 4.39 Å². The van der Waals surface area contributed by atoms with Gasteiger partial charge in [-0.1, -0.05) is 24.9 Å². The number of aliphatic hydroxyl groups is 1. The van der Waals surface area contributed by atoms with Crippen LogP contribution < -0.4 is 0 Å². The van der Waals surface area contributed by atoms with Gasteiger partial charge in [-0.25, -0.2) is 4.39 Å². The van der Waals surface area contributed by atoms with Crippen LogP contribution >= 0.6 is 11.6 Å². The molecule has 0 amide bonds. The smallest absolute Gasteiger partial charge is 0.132 e. The summed E-state index contributed by atoms with van der Waals surface area (Å²) in [6.45, 7) is 3.59. The molecular formula is C11H14ClFO. The minimum absolute atomic E-state index is 0.303. The van der Waals surface area contributed by atoms with Gasteiger partial charge in [-0.05, 0) is 31.0 Å². The fourth-order valence-electron chi connectivity index (χ4n) is 1.42. The molecule has 1 N–H and O–H groups in total. The molecule has 1 unspecified atom stereocenters. The second-order valence-electron chi connectivity index (χ2n) is 3.43. The Morgan fingerprint density at radius 2 is 2.14 bits per heavy atom. The van der Waals surface area contributed by atoms with Gasteiger partial charge in [0.2, 0.25) is 0 Å². The minimum atomic E-state index is -0.752. The number of hydrogen-bond acceptors (Lipinski definition) is 1. The van der Waals surface area contributed by atoms with Crippen LogP contribution in [0.5, 0.6) is 0 Å². The first-order chi connectivity index (χ1) is 6.56. The fourth-order valence-corrected chi connectivity index (χ4v) is 1.70. The average Bonchev–Trinajstić information content (AvgIpc) is 2.11. The Hall–Kier alpha value is -0.600. The van der Waals surface area contributed by atoms with Gasteiger partial charge in [0.1, 0.15) is 5.82 Å². The van der Waals surface area contributed by atoms with E-state index in [9.17, 15) is 9.50 Å². The third kappa shape index (κ3) is 2.46. The quantitative estimate of drug-likeness (QED) is 0.818. The van der Waals surface area contributed by atoms with E-state index in [0.717, 1.165) is 6.42 Å². The molecule has 1 aromatic carbocycles. The van der Waals surface area contributed by atoms with Crippen molar-refractivity contribution in [1.29, 1.82) is 0 Å². The molecule has 0 aromatic heterocycles. The standard InChI is InChI=1S/C11H14ClFO/c1-3-4-10(14)9-6-8(12)5-7(2)11(9)13/h5-6,10,14H,3-4H2,1-2H3. The molecule has 0 spiro atoms. The molecule has 0 aliphatic carbocycles. The Balaban J connectivity index is 3.07.